The van der Waals surface area contributed by atoms with Crippen LogP contribution in [0.3, 0.4) is 0 Å². The third-order valence-electron chi connectivity index (χ3n) is 5.56. The van der Waals surface area contributed by atoms with Crippen molar-refractivity contribution in [3.8, 4) is 0 Å². The third kappa shape index (κ3) is 5.89. The van der Waals surface area contributed by atoms with Crippen molar-refractivity contribution in [2.75, 3.05) is 26.3 Å². The molecule has 0 saturated carbocycles. The Morgan fingerprint density at radius 1 is 1.21 bits per heavy atom. The van der Waals surface area contributed by atoms with Crippen molar-refractivity contribution in [1.29, 1.82) is 0 Å². The van der Waals surface area contributed by atoms with E-state index in [1.165, 1.54) is 25.8 Å². The van der Waals surface area contributed by atoms with Gasteiger partial charge < -0.3 is 19.1 Å². The van der Waals surface area contributed by atoms with Crippen LogP contribution in [0, 0.1) is 12.8 Å². The largest absolute Gasteiger partial charge is 0.490 e. The Bertz CT molecular complexity index is 678. The summed E-state index contributed by atoms with van der Waals surface area (Å²) in [6.07, 6.45) is 0.915. The van der Waals surface area contributed by atoms with Gasteiger partial charge in [-0.15, -0.1) is 0 Å². The van der Waals surface area contributed by atoms with E-state index < -0.39 is 12.1 Å². The number of halogens is 3. The SMILES string of the molecule is Cc1noc([C@@H]2CC[C@@H]3[C@@H](CCN3CC3CCOCC3)O2)n1.O=C(O)C(F)(F)F. The smallest absolute Gasteiger partial charge is 0.475 e. The fourth-order valence-corrected chi connectivity index (χ4v) is 4.13. The van der Waals surface area contributed by atoms with Gasteiger partial charge in [0.15, 0.2) is 5.82 Å². The number of carboxylic acid groups (broad SMARTS) is 1. The number of hydrogen-bond donors (Lipinski definition) is 1. The van der Waals surface area contributed by atoms with Crippen molar-refractivity contribution >= 4 is 5.97 Å². The standard InChI is InChI=1S/C16H25N3O3.C2HF3O2/c1-11-17-16(22-18-11)15-3-2-13-14(21-15)4-7-19(13)10-12-5-8-20-9-6-12;3-2(4,5)1(6)7/h12-15H,2-10H2,1H3;(H,6,7)/t13-,14-,15+;/m1./s1. The number of rotatable bonds is 3. The zero-order chi connectivity index (χ0) is 21.0. The first-order valence-corrected chi connectivity index (χ1v) is 9.81. The topological polar surface area (TPSA) is 97.9 Å². The molecule has 29 heavy (non-hydrogen) atoms. The number of aryl methyl sites for hydroxylation is 1. The summed E-state index contributed by atoms with van der Waals surface area (Å²) in [5, 5.41) is 11.0. The fourth-order valence-electron chi connectivity index (χ4n) is 4.13. The monoisotopic (exact) mass is 421 g/mol. The van der Waals surface area contributed by atoms with Crippen LogP contribution in [0.4, 0.5) is 13.2 Å². The summed E-state index contributed by atoms with van der Waals surface area (Å²) in [6.45, 7) is 6.08. The number of aliphatic carboxylic acids is 1. The maximum atomic E-state index is 10.6. The van der Waals surface area contributed by atoms with Gasteiger partial charge in [-0.05, 0) is 44.9 Å². The van der Waals surface area contributed by atoms with Crippen molar-refractivity contribution < 1.29 is 37.1 Å². The van der Waals surface area contributed by atoms with Crippen LogP contribution in [0.15, 0.2) is 4.52 Å². The highest BCUT2D eigenvalue weighted by Crippen LogP contribution is 2.38. The van der Waals surface area contributed by atoms with Crippen molar-refractivity contribution in [2.45, 2.75) is 63.5 Å². The Balaban J connectivity index is 0.000000298. The molecule has 0 spiro atoms. The summed E-state index contributed by atoms with van der Waals surface area (Å²) in [7, 11) is 0. The number of carbonyl (C=O) groups is 1. The molecule has 4 rings (SSSR count). The Kier molecular flexibility index (Phi) is 7.12. The van der Waals surface area contributed by atoms with E-state index in [1.807, 2.05) is 6.92 Å². The fraction of sp³-hybridized carbons (Fsp3) is 0.833. The van der Waals surface area contributed by atoms with E-state index in [-0.39, 0.29) is 6.10 Å². The molecule has 164 valence electrons. The number of carboxylic acids is 1. The molecule has 4 heterocycles. The van der Waals surface area contributed by atoms with Crippen molar-refractivity contribution in [3.05, 3.63) is 11.7 Å². The Morgan fingerprint density at radius 3 is 2.48 bits per heavy atom. The second-order valence-electron chi connectivity index (χ2n) is 7.63. The van der Waals surface area contributed by atoms with Crippen LogP contribution in [0.1, 0.15) is 49.9 Å². The molecule has 1 aromatic rings. The average molecular weight is 421 g/mol. The van der Waals surface area contributed by atoms with Gasteiger partial charge in [0.1, 0.15) is 6.10 Å². The van der Waals surface area contributed by atoms with Crippen LogP contribution in [0.25, 0.3) is 0 Å². The highest BCUT2D eigenvalue weighted by atomic mass is 19.4. The van der Waals surface area contributed by atoms with Gasteiger partial charge >= 0.3 is 12.1 Å². The van der Waals surface area contributed by atoms with E-state index in [1.54, 1.807) is 0 Å². The van der Waals surface area contributed by atoms with Crippen molar-refractivity contribution in [2.24, 2.45) is 5.92 Å². The summed E-state index contributed by atoms with van der Waals surface area (Å²) in [5.41, 5.74) is 0. The molecule has 8 nitrogen and oxygen atoms in total. The number of likely N-dealkylation sites (tertiary alicyclic amines) is 1. The number of ether oxygens (including phenoxy) is 2. The van der Waals surface area contributed by atoms with E-state index in [9.17, 15) is 13.2 Å². The summed E-state index contributed by atoms with van der Waals surface area (Å²) in [4.78, 5) is 15.9. The minimum Gasteiger partial charge on any atom is -0.475 e. The summed E-state index contributed by atoms with van der Waals surface area (Å²) < 4.78 is 48.8. The molecule has 3 atom stereocenters. The zero-order valence-electron chi connectivity index (χ0n) is 16.2. The maximum Gasteiger partial charge on any atom is 0.490 e. The van der Waals surface area contributed by atoms with E-state index in [0.29, 0.717) is 23.9 Å². The lowest BCUT2D eigenvalue weighted by Gasteiger charge is -2.36. The second-order valence-corrected chi connectivity index (χ2v) is 7.63. The normalized spacial score (nSPS) is 28.5. The summed E-state index contributed by atoms with van der Waals surface area (Å²) in [6, 6.07) is 0.572. The first kappa shape index (κ1) is 22.0. The molecule has 0 aromatic carbocycles. The van der Waals surface area contributed by atoms with Crippen LogP contribution in [0.5, 0.6) is 0 Å². The molecule has 3 aliphatic heterocycles. The molecule has 3 aliphatic rings. The van der Waals surface area contributed by atoms with Crippen LogP contribution in [-0.4, -0.2) is 70.7 Å². The number of alkyl halides is 3. The van der Waals surface area contributed by atoms with Gasteiger partial charge in [0, 0.05) is 32.3 Å². The van der Waals surface area contributed by atoms with Crippen LogP contribution < -0.4 is 0 Å². The number of aromatic nitrogens is 2. The van der Waals surface area contributed by atoms with E-state index in [2.05, 4.69) is 15.0 Å². The van der Waals surface area contributed by atoms with E-state index in [4.69, 9.17) is 23.9 Å². The molecule has 0 amide bonds. The highest BCUT2D eigenvalue weighted by molar-refractivity contribution is 5.73. The Morgan fingerprint density at radius 2 is 1.90 bits per heavy atom. The highest BCUT2D eigenvalue weighted by Gasteiger charge is 2.42. The first-order valence-electron chi connectivity index (χ1n) is 9.81. The summed E-state index contributed by atoms with van der Waals surface area (Å²) in [5.74, 6) is -0.622. The van der Waals surface area contributed by atoms with Gasteiger partial charge in [-0.2, -0.15) is 18.2 Å². The van der Waals surface area contributed by atoms with Gasteiger partial charge in [-0.1, -0.05) is 5.16 Å². The molecule has 3 saturated heterocycles. The molecule has 1 aromatic heterocycles. The summed E-state index contributed by atoms with van der Waals surface area (Å²) >= 11 is 0. The first-order chi connectivity index (χ1) is 13.7. The predicted octanol–water partition coefficient (Wildman–Crippen LogP) is 2.73. The van der Waals surface area contributed by atoms with Gasteiger partial charge in [0.2, 0.25) is 0 Å². The second kappa shape index (κ2) is 9.40. The lowest BCUT2D eigenvalue weighted by Crippen LogP contribution is -2.43. The Hall–Kier alpha value is -1.72. The van der Waals surface area contributed by atoms with Crippen LogP contribution >= 0.6 is 0 Å². The number of hydrogen-bond acceptors (Lipinski definition) is 7. The van der Waals surface area contributed by atoms with E-state index in [0.717, 1.165) is 38.5 Å². The lowest BCUT2D eigenvalue weighted by atomic mass is 9.96. The van der Waals surface area contributed by atoms with Gasteiger partial charge in [0.05, 0.1) is 6.10 Å². The van der Waals surface area contributed by atoms with Crippen LogP contribution in [-0.2, 0) is 14.3 Å². The van der Waals surface area contributed by atoms with E-state index >= 15 is 0 Å². The molecular weight excluding hydrogens is 395 g/mol. The minimum atomic E-state index is -5.08. The molecule has 0 aliphatic carbocycles. The average Bonchev–Trinajstić information content (AvgIpc) is 3.28. The predicted molar refractivity (Wildman–Crippen MR) is 93.1 cm³/mol. The number of fused-ring (bicyclic) bond motifs is 1. The molecule has 0 unspecified atom stereocenters. The van der Waals surface area contributed by atoms with Crippen molar-refractivity contribution in [3.63, 3.8) is 0 Å². The molecule has 11 heteroatoms. The zero-order valence-corrected chi connectivity index (χ0v) is 16.2. The van der Waals surface area contributed by atoms with Crippen LogP contribution in [0.2, 0.25) is 0 Å². The Labute approximate surface area is 166 Å². The lowest BCUT2D eigenvalue weighted by molar-refractivity contribution is -0.192. The maximum absolute atomic E-state index is 10.6. The molecule has 0 bridgehead atoms. The quantitative estimate of drug-likeness (QED) is 0.796. The van der Waals surface area contributed by atoms with Gasteiger partial charge in [0.25, 0.3) is 5.89 Å². The molecule has 3 fully saturated rings. The molecular formula is C18H26F3N3O5. The van der Waals surface area contributed by atoms with Crippen molar-refractivity contribution in [1.82, 2.24) is 15.0 Å². The minimum absolute atomic E-state index is 0.00881. The van der Waals surface area contributed by atoms with Gasteiger partial charge in [-0.25, -0.2) is 4.79 Å². The third-order valence-corrected chi connectivity index (χ3v) is 5.56. The molecule has 1 N–H and O–H groups in total. The molecule has 0 radical (unpaired) electrons. The number of nitrogens with zero attached hydrogens (tertiary/aromatic N) is 3. The van der Waals surface area contributed by atoms with Gasteiger partial charge in [-0.3, -0.25) is 4.90 Å².